The fraction of sp³-hybridized carbons (Fsp3) is 0.667. The minimum atomic E-state index is 0.143. The van der Waals surface area contributed by atoms with Crippen molar-refractivity contribution in [2.24, 2.45) is 0 Å². The molecule has 0 aliphatic carbocycles. The highest BCUT2D eigenvalue weighted by atomic mass is 32.1. The van der Waals surface area contributed by atoms with Gasteiger partial charge in [-0.1, -0.05) is 6.92 Å². The molecule has 17 heavy (non-hydrogen) atoms. The summed E-state index contributed by atoms with van der Waals surface area (Å²) in [4.78, 5) is 17.3. The molecule has 1 aliphatic heterocycles. The minimum Gasteiger partial charge on any atom is -0.358 e. The zero-order valence-electron chi connectivity index (χ0n) is 10.4. The number of carbonyl (C=O) groups excluding carboxylic acids is 1. The molecular weight excluding hydrogens is 234 g/mol. The smallest absolute Gasteiger partial charge is 0.222 e. The molecule has 1 unspecified atom stereocenters. The van der Waals surface area contributed by atoms with Gasteiger partial charge in [-0.05, 0) is 26.2 Å². The molecule has 1 atom stereocenters. The molecule has 2 heterocycles. The summed E-state index contributed by atoms with van der Waals surface area (Å²) in [5.41, 5.74) is 1.16. The first-order valence-electron chi connectivity index (χ1n) is 6.18. The van der Waals surface area contributed by atoms with Crippen molar-refractivity contribution in [3.8, 4) is 0 Å². The molecule has 1 saturated heterocycles. The van der Waals surface area contributed by atoms with Crippen molar-refractivity contribution in [3.63, 3.8) is 0 Å². The molecular formula is C12H19N3OS. The highest BCUT2D eigenvalue weighted by Crippen LogP contribution is 2.24. The van der Waals surface area contributed by atoms with Crippen molar-refractivity contribution >= 4 is 22.4 Å². The summed E-state index contributed by atoms with van der Waals surface area (Å²) in [7, 11) is 0. The van der Waals surface area contributed by atoms with Crippen LogP contribution in [0.4, 0.5) is 5.13 Å². The molecule has 2 N–H and O–H groups in total. The minimum absolute atomic E-state index is 0.143. The second kappa shape index (κ2) is 5.49. The largest absolute Gasteiger partial charge is 0.358 e. The quantitative estimate of drug-likeness (QED) is 0.867. The Morgan fingerprint density at radius 1 is 1.59 bits per heavy atom. The van der Waals surface area contributed by atoms with Gasteiger partial charge in [-0.3, -0.25) is 4.79 Å². The van der Waals surface area contributed by atoms with E-state index < -0.39 is 0 Å². The number of nitrogens with one attached hydrogen (secondary N) is 2. The first-order valence-corrected chi connectivity index (χ1v) is 7.00. The van der Waals surface area contributed by atoms with Crippen molar-refractivity contribution in [1.82, 2.24) is 10.3 Å². The second-order valence-corrected chi connectivity index (χ2v) is 5.62. The van der Waals surface area contributed by atoms with Crippen LogP contribution in [-0.2, 0) is 11.2 Å². The number of aryl methyl sites for hydroxylation is 2. The van der Waals surface area contributed by atoms with Crippen LogP contribution in [0.25, 0.3) is 0 Å². The van der Waals surface area contributed by atoms with Crippen LogP contribution in [0.3, 0.4) is 0 Å². The SMILES string of the molecule is CCc1nc(NC2CCCNC(=O)C2)sc1C. The summed E-state index contributed by atoms with van der Waals surface area (Å²) in [6.45, 7) is 5.01. The maximum Gasteiger partial charge on any atom is 0.222 e. The highest BCUT2D eigenvalue weighted by molar-refractivity contribution is 7.15. The number of amides is 1. The standard InChI is InChI=1S/C12H19N3OS/c1-3-10-8(2)17-12(15-10)14-9-5-4-6-13-11(16)7-9/h9H,3-7H2,1-2H3,(H,13,16)(H,14,15). The summed E-state index contributed by atoms with van der Waals surface area (Å²) in [5.74, 6) is 0.143. The monoisotopic (exact) mass is 253 g/mol. The van der Waals surface area contributed by atoms with Crippen molar-refractivity contribution < 1.29 is 4.79 Å². The lowest BCUT2D eigenvalue weighted by Crippen LogP contribution is -2.26. The maximum absolute atomic E-state index is 11.4. The number of rotatable bonds is 3. The van der Waals surface area contributed by atoms with Crippen molar-refractivity contribution in [2.45, 2.75) is 45.6 Å². The van der Waals surface area contributed by atoms with Crippen molar-refractivity contribution in [3.05, 3.63) is 10.6 Å². The van der Waals surface area contributed by atoms with Gasteiger partial charge in [0.05, 0.1) is 5.69 Å². The molecule has 1 aliphatic rings. The molecule has 0 spiro atoms. The first kappa shape index (κ1) is 12.4. The Balaban J connectivity index is 2.01. The van der Waals surface area contributed by atoms with Crippen LogP contribution < -0.4 is 10.6 Å². The van der Waals surface area contributed by atoms with Crippen LogP contribution in [0, 0.1) is 6.92 Å². The Morgan fingerprint density at radius 3 is 3.12 bits per heavy atom. The van der Waals surface area contributed by atoms with Gasteiger partial charge in [-0.2, -0.15) is 0 Å². The number of carbonyl (C=O) groups is 1. The van der Waals surface area contributed by atoms with E-state index in [2.05, 4.69) is 29.5 Å². The molecule has 5 heteroatoms. The van der Waals surface area contributed by atoms with Crippen LogP contribution in [0.2, 0.25) is 0 Å². The average Bonchev–Trinajstić information content (AvgIpc) is 2.50. The Labute approximate surface area is 106 Å². The normalized spacial score (nSPS) is 20.8. The third-order valence-corrected chi connectivity index (χ3v) is 3.98. The Bertz CT molecular complexity index is 402. The van der Waals surface area contributed by atoms with E-state index >= 15 is 0 Å². The number of aromatic nitrogens is 1. The molecule has 1 aromatic rings. The highest BCUT2D eigenvalue weighted by Gasteiger charge is 2.18. The average molecular weight is 253 g/mol. The number of hydrogen-bond acceptors (Lipinski definition) is 4. The Hall–Kier alpha value is -1.10. The van der Waals surface area contributed by atoms with Crippen LogP contribution >= 0.6 is 11.3 Å². The van der Waals surface area contributed by atoms with Gasteiger partial charge < -0.3 is 10.6 Å². The van der Waals surface area contributed by atoms with E-state index in [0.717, 1.165) is 36.6 Å². The van der Waals surface area contributed by atoms with Crippen molar-refractivity contribution in [2.75, 3.05) is 11.9 Å². The van der Waals surface area contributed by atoms with Crippen LogP contribution in [-0.4, -0.2) is 23.5 Å². The molecule has 2 rings (SSSR count). The molecule has 1 amide bonds. The number of thiazole rings is 1. The van der Waals surface area contributed by atoms with Crippen LogP contribution in [0.1, 0.15) is 36.8 Å². The van der Waals surface area contributed by atoms with Gasteiger partial charge in [0.2, 0.25) is 5.91 Å². The topological polar surface area (TPSA) is 54.0 Å². The Kier molecular flexibility index (Phi) is 3.99. The van der Waals surface area contributed by atoms with Gasteiger partial charge in [0.25, 0.3) is 0 Å². The van der Waals surface area contributed by atoms with Crippen LogP contribution in [0.15, 0.2) is 0 Å². The van der Waals surface area contributed by atoms with Gasteiger partial charge in [-0.15, -0.1) is 11.3 Å². The number of nitrogens with zero attached hydrogens (tertiary/aromatic N) is 1. The molecule has 1 fully saturated rings. The Morgan fingerprint density at radius 2 is 2.41 bits per heavy atom. The van der Waals surface area contributed by atoms with E-state index in [1.165, 1.54) is 4.88 Å². The van der Waals surface area contributed by atoms with Gasteiger partial charge in [0, 0.05) is 23.9 Å². The third kappa shape index (κ3) is 3.19. The summed E-state index contributed by atoms with van der Waals surface area (Å²) in [5, 5.41) is 7.24. The maximum atomic E-state index is 11.4. The lowest BCUT2D eigenvalue weighted by atomic mass is 10.1. The summed E-state index contributed by atoms with van der Waals surface area (Å²) in [6.07, 6.45) is 3.59. The van der Waals surface area contributed by atoms with E-state index in [1.807, 2.05) is 0 Å². The van der Waals surface area contributed by atoms with Gasteiger partial charge >= 0.3 is 0 Å². The molecule has 0 radical (unpaired) electrons. The molecule has 4 nitrogen and oxygen atoms in total. The lowest BCUT2D eigenvalue weighted by Gasteiger charge is -2.13. The van der Waals surface area contributed by atoms with E-state index in [1.54, 1.807) is 11.3 Å². The van der Waals surface area contributed by atoms with Crippen molar-refractivity contribution in [1.29, 1.82) is 0 Å². The number of hydrogen-bond donors (Lipinski definition) is 2. The molecule has 0 saturated carbocycles. The van der Waals surface area contributed by atoms with Gasteiger partial charge in [0.15, 0.2) is 5.13 Å². The molecule has 0 aromatic carbocycles. The predicted molar refractivity (Wildman–Crippen MR) is 70.5 cm³/mol. The van der Waals surface area contributed by atoms with E-state index in [0.29, 0.717) is 6.42 Å². The lowest BCUT2D eigenvalue weighted by molar-refractivity contribution is -0.120. The second-order valence-electron chi connectivity index (χ2n) is 4.41. The summed E-state index contributed by atoms with van der Waals surface area (Å²) < 4.78 is 0. The van der Waals surface area contributed by atoms with Gasteiger partial charge in [-0.25, -0.2) is 4.98 Å². The summed E-state index contributed by atoms with van der Waals surface area (Å²) in [6, 6.07) is 0.229. The number of anilines is 1. The molecule has 94 valence electrons. The van der Waals surface area contributed by atoms with Crippen LogP contribution in [0.5, 0.6) is 0 Å². The predicted octanol–water partition coefficient (Wildman–Crippen LogP) is 2.09. The van der Waals surface area contributed by atoms with E-state index in [-0.39, 0.29) is 11.9 Å². The fourth-order valence-electron chi connectivity index (χ4n) is 2.09. The zero-order valence-corrected chi connectivity index (χ0v) is 11.2. The zero-order chi connectivity index (χ0) is 12.3. The molecule has 1 aromatic heterocycles. The van der Waals surface area contributed by atoms with E-state index in [4.69, 9.17) is 0 Å². The first-order chi connectivity index (χ1) is 8.19. The van der Waals surface area contributed by atoms with E-state index in [9.17, 15) is 4.79 Å². The molecule has 0 bridgehead atoms. The van der Waals surface area contributed by atoms with Gasteiger partial charge in [0.1, 0.15) is 0 Å². The fourth-order valence-corrected chi connectivity index (χ4v) is 3.07. The third-order valence-electron chi connectivity index (χ3n) is 3.04. The summed E-state index contributed by atoms with van der Waals surface area (Å²) >= 11 is 1.69.